The fourth-order valence-electron chi connectivity index (χ4n) is 2.29. The van der Waals surface area contributed by atoms with Crippen LogP contribution in [0.2, 0.25) is 0 Å². The molecule has 0 saturated carbocycles. The van der Waals surface area contributed by atoms with Gasteiger partial charge in [-0.25, -0.2) is 0 Å². The van der Waals surface area contributed by atoms with Gasteiger partial charge in [0.15, 0.2) is 0 Å². The van der Waals surface area contributed by atoms with E-state index in [0.29, 0.717) is 0 Å². The summed E-state index contributed by atoms with van der Waals surface area (Å²) in [5.74, 6) is 0. The molecule has 0 fully saturated rings. The zero-order chi connectivity index (χ0) is 10.8. The first-order valence-corrected chi connectivity index (χ1v) is 6.69. The van der Waals surface area contributed by atoms with E-state index in [9.17, 15) is 0 Å². The van der Waals surface area contributed by atoms with Crippen molar-refractivity contribution in [3.63, 3.8) is 0 Å². The molecule has 1 N–H and O–H groups in total. The summed E-state index contributed by atoms with van der Waals surface area (Å²) in [7, 11) is 0. The van der Waals surface area contributed by atoms with Crippen molar-refractivity contribution in [3.05, 3.63) is 41.3 Å². The van der Waals surface area contributed by atoms with Gasteiger partial charge in [0, 0.05) is 11.2 Å². The van der Waals surface area contributed by atoms with Gasteiger partial charge in [0.2, 0.25) is 0 Å². The van der Waals surface area contributed by atoms with Crippen molar-refractivity contribution in [2.24, 2.45) is 0 Å². The number of thiophene rings is 1. The van der Waals surface area contributed by atoms with Gasteiger partial charge >= 0.3 is 0 Å². The van der Waals surface area contributed by atoms with Crippen molar-refractivity contribution < 1.29 is 0 Å². The van der Waals surface area contributed by atoms with Gasteiger partial charge in [0.1, 0.15) is 0 Å². The van der Waals surface area contributed by atoms with Crippen LogP contribution in [0.5, 0.6) is 0 Å². The summed E-state index contributed by atoms with van der Waals surface area (Å²) in [6.45, 7) is 2.15. The Labute approximate surface area is 99.8 Å². The molecule has 0 radical (unpaired) electrons. The Hall–Kier alpha value is -1.12. The molecule has 1 aromatic carbocycles. The molecule has 82 valence electrons. The van der Waals surface area contributed by atoms with Gasteiger partial charge in [-0.05, 0) is 47.4 Å². The standard InChI is InChI=1S/C14H15NS/c1-3-12-7-10-16-14(12)13(5-1)11-4-2-8-15-9-6-11/h1,3,5-7,10,15H,2,4,8-9H2. The maximum atomic E-state index is 3.42. The Balaban J connectivity index is 2.10. The summed E-state index contributed by atoms with van der Waals surface area (Å²) < 4.78 is 1.44. The first kappa shape index (κ1) is 10.1. The molecular weight excluding hydrogens is 214 g/mol. The van der Waals surface area contributed by atoms with E-state index in [1.54, 1.807) is 0 Å². The molecule has 0 amide bonds. The molecule has 16 heavy (non-hydrogen) atoms. The van der Waals surface area contributed by atoms with Crippen LogP contribution in [0.3, 0.4) is 0 Å². The Morgan fingerprint density at radius 3 is 3.19 bits per heavy atom. The van der Waals surface area contributed by atoms with Gasteiger partial charge in [0.25, 0.3) is 0 Å². The maximum Gasteiger partial charge on any atom is 0.0417 e. The normalized spacial score (nSPS) is 17.1. The van der Waals surface area contributed by atoms with Gasteiger partial charge in [-0.2, -0.15) is 0 Å². The summed E-state index contributed by atoms with van der Waals surface area (Å²) in [6, 6.07) is 8.84. The number of benzene rings is 1. The highest BCUT2D eigenvalue weighted by atomic mass is 32.1. The minimum Gasteiger partial charge on any atom is -0.313 e. The molecule has 0 saturated heterocycles. The first-order valence-electron chi connectivity index (χ1n) is 5.81. The van der Waals surface area contributed by atoms with E-state index in [4.69, 9.17) is 0 Å². The van der Waals surface area contributed by atoms with E-state index in [1.807, 2.05) is 11.3 Å². The average molecular weight is 229 g/mol. The fraction of sp³-hybridized carbons (Fsp3) is 0.286. The molecule has 1 aromatic heterocycles. The van der Waals surface area contributed by atoms with Crippen LogP contribution in [0.4, 0.5) is 0 Å². The minimum absolute atomic E-state index is 1.01. The number of allylic oxidation sites excluding steroid dienone is 1. The van der Waals surface area contributed by atoms with Gasteiger partial charge in [-0.3, -0.25) is 0 Å². The van der Waals surface area contributed by atoms with Crippen LogP contribution < -0.4 is 5.32 Å². The largest absolute Gasteiger partial charge is 0.313 e. The van der Waals surface area contributed by atoms with Gasteiger partial charge in [-0.1, -0.05) is 24.3 Å². The molecule has 0 aliphatic carbocycles. The zero-order valence-electron chi connectivity index (χ0n) is 9.20. The smallest absolute Gasteiger partial charge is 0.0417 e. The monoisotopic (exact) mass is 229 g/mol. The number of hydrogen-bond donors (Lipinski definition) is 1. The number of fused-ring (bicyclic) bond motifs is 1. The molecule has 1 nitrogen and oxygen atoms in total. The minimum atomic E-state index is 1.01. The molecule has 3 rings (SSSR count). The summed E-state index contributed by atoms with van der Waals surface area (Å²) in [5, 5.41) is 6.98. The van der Waals surface area contributed by atoms with E-state index >= 15 is 0 Å². The molecule has 1 aliphatic heterocycles. The number of hydrogen-bond acceptors (Lipinski definition) is 2. The second kappa shape index (κ2) is 4.40. The molecular formula is C14H15NS. The van der Waals surface area contributed by atoms with E-state index in [-0.39, 0.29) is 0 Å². The maximum absolute atomic E-state index is 3.42. The van der Waals surface area contributed by atoms with Crippen molar-refractivity contribution in [1.82, 2.24) is 5.32 Å². The van der Waals surface area contributed by atoms with E-state index in [1.165, 1.54) is 34.1 Å². The van der Waals surface area contributed by atoms with Crippen molar-refractivity contribution in [2.45, 2.75) is 12.8 Å². The summed E-state index contributed by atoms with van der Waals surface area (Å²) >= 11 is 1.85. The lowest BCUT2D eigenvalue weighted by atomic mass is 10.0. The lowest BCUT2D eigenvalue weighted by Crippen LogP contribution is -2.12. The van der Waals surface area contributed by atoms with Crippen LogP contribution in [0.25, 0.3) is 15.7 Å². The van der Waals surface area contributed by atoms with Crippen LogP contribution in [-0.2, 0) is 0 Å². The van der Waals surface area contributed by atoms with Crippen molar-refractivity contribution in [1.29, 1.82) is 0 Å². The van der Waals surface area contributed by atoms with Crippen molar-refractivity contribution in [3.8, 4) is 0 Å². The fourth-order valence-corrected chi connectivity index (χ4v) is 3.24. The van der Waals surface area contributed by atoms with Crippen molar-refractivity contribution in [2.75, 3.05) is 13.1 Å². The number of nitrogens with one attached hydrogen (secondary N) is 1. The van der Waals surface area contributed by atoms with Crippen LogP contribution in [0.15, 0.2) is 35.7 Å². The molecule has 0 unspecified atom stereocenters. The molecule has 0 atom stereocenters. The highest BCUT2D eigenvalue weighted by molar-refractivity contribution is 7.17. The average Bonchev–Trinajstić information content (AvgIpc) is 2.63. The highest BCUT2D eigenvalue weighted by Gasteiger charge is 2.08. The Morgan fingerprint density at radius 1 is 1.19 bits per heavy atom. The third kappa shape index (κ3) is 1.79. The molecule has 0 spiro atoms. The predicted molar refractivity (Wildman–Crippen MR) is 71.9 cm³/mol. The topological polar surface area (TPSA) is 12.0 Å². The predicted octanol–water partition coefficient (Wildman–Crippen LogP) is 3.67. The molecule has 2 heteroatoms. The number of rotatable bonds is 1. The zero-order valence-corrected chi connectivity index (χ0v) is 10.0. The first-order chi connectivity index (χ1) is 7.95. The Bertz CT molecular complexity index is 524. The Kier molecular flexibility index (Phi) is 2.77. The van der Waals surface area contributed by atoms with E-state index < -0.39 is 0 Å². The van der Waals surface area contributed by atoms with Gasteiger partial charge in [-0.15, -0.1) is 11.3 Å². The Morgan fingerprint density at radius 2 is 2.19 bits per heavy atom. The summed E-state index contributed by atoms with van der Waals surface area (Å²) in [5.41, 5.74) is 2.95. The van der Waals surface area contributed by atoms with Crippen LogP contribution in [0.1, 0.15) is 18.4 Å². The van der Waals surface area contributed by atoms with E-state index in [0.717, 1.165) is 13.1 Å². The lowest BCUT2D eigenvalue weighted by Gasteiger charge is -2.06. The summed E-state index contributed by atoms with van der Waals surface area (Å²) in [6.07, 6.45) is 4.79. The second-order valence-corrected chi connectivity index (χ2v) is 5.10. The third-order valence-electron chi connectivity index (χ3n) is 3.12. The quantitative estimate of drug-likeness (QED) is 0.786. The van der Waals surface area contributed by atoms with Gasteiger partial charge < -0.3 is 5.32 Å². The molecule has 1 aliphatic rings. The van der Waals surface area contributed by atoms with Crippen LogP contribution in [-0.4, -0.2) is 13.1 Å². The van der Waals surface area contributed by atoms with Crippen LogP contribution >= 0.6 is 11.3 Å². The SMILES string of the molecule is C1=C(c2cccc3ccsc23)CCCNC1. The summed E-state index contributed by atoms with van der Waals surface area (Å²) in [4.78, 5) is 0. The highest BCUT2D eigenvalue weighted by Crippen LogP contribution is 2.31. The third-order valence-corrected chi connectivity index (χ3v) is 4.08. The molecule has 2 heterocycles. The van der Waals surface area contributed by atoms with Crippen LogP contribution in [0, 0.1) is 0 Å². The van der Waals surface area contributed by atoms with Gasteiger partial charge in [0.05, 0.1) is 0 Å². The molecule has 2 aromatic rings. The molecule has 0 bridgehead atoms. The van der Waals surface area contributed by atoms with E-state index in [2.05, 4.69) is 41.0 Å². The second-order valence-electron chi connectivity index (χ2n) is 4.18. The van der Waals surface area contributed by atoms with Crippen molar-refractivity contribution >= 4 is 27.0 Å². The lowest BCUT2D eigenvalue weighted by molar-refractivity contribution is 0.723.